The lowest BCUT2D eigenvalue weighted by Gasteiger charge is -2.07. The maximum absolute atomic E-state index is 11.6. The fourth-order valence-electron chi connectivity index (χ4n) is 2.20. The van der Waals surface area contributed by atoms with Crippen LogP contribution in [-0.2, 0) is 13.2 Å². The fraction of sp³-hybridized carbons (Fsp3) is 0.111. The zero-order chi connectivity index (χ0) is 16.1. The average Bonchev–Trinajstić information content (AvgIpc) is 2.60. The predicted octanol–water partition coefficient (Wildman–Crippen LogP) is 2.47. The van der Waals surface area contributed by atoms with E-state index < -0.39 is 0 Å². The highest BCUT2D eigenvalue weighted by atomic mass is 16.5. The first kappa shape index (κ1) is 15.0. The molecule has 0 radical (unpaired) electrons. The van der Waals surface area contributed by atoms with Gasteiger partial charge in [-0.3, -0.25) is 4.79 Å². The highest BCUT2D eigenvalue weighted by Gasteiger charge is 2.04. The van der Waals surface area contributed by atoms with Gasteiger partial charge in [-0.2, -0.15) is 0 Å². The third kappa shape index (κ3) is 3.84. The van der Waals surface area contributed by atoms with E-state index in [4.69, 9.17) is 10.5 Å². The van der Waals surface area contributed by atoms with Crippen molar-refractivity contribution in [2.45, 2.75) is 13.2 Å². The van der Waals surface area contributed by atoms with Crippen LogP contribution in [0.3, 0.4) is 0 Å². The number of benzene rings is 2. The van der Waals surface area contributed by atoms with Crippen molar-refractivity contribution in [1.82, 2.24) is 9.97 Å². The number of nitrogens with one attached hydrogen (secondary N) is 1. The van der Waals surface area contributed by atoms with Crippen molar-refractivity contribution in [3.05, 3.63) is 82.3 Å². The largest absolute Gasteiger partial charge is 0.489 e. The Balaban J connectivity index is 1.74. The minimum Gasteiger partial charge on any atom is -0.489 e. The normalized spacial score (nSPS) is 10.5. The maximum Gasteiger partial charge on any atom is 0.251 e. The molecule has 0 amide bonds. The lowest BCUT2D eigenvalue weighted by Crippen LogP contribution is -2.12. The van der Waals surface area contributed by atoms with Gasteiger partial charge in [0, 0.05) is 18.2 Å². The van der Waals surface area contributed by atoms with Gasteiger partial charge in [-0.05, 0) is 29.8 Å². The van der Waals surface area contributed by atoms with Crippen LogP contribution in [0, 0.1) is 0 Å². The molecule has 3 N–H and O–H groups in total. The molecule has 0 fully saturated rings. The second-order valence-electron chi connectivity index (χ2n) is 5.09. The summed E-state index contributed by atoms with van der Waals surface area (Å²) < 4.78 is 5.74. The van der Waals surface area contributed by atoms with Crippen molar-refractivity contribution in [1.29, 1.82) is 0 Å². The van der Waals surface area contributed by atoms with Crippen molar-refractivity contribution in [3.63, 3.8) is 0 Å². The molecule has 23 heavy (non-hydrogen) atoms. The highest BCUT2D eigenvalue weighted by molar-refractivity contribution is 5.56. The first-order chi connectivity index (χ1) is 11.2. The van der Waals surface area contributed by atoms with E-state index >= 15 is 0 Å². The standard InChI is InChI=1S/C18H17N3O2/c19-11-15-10-17(22)21-18(20-15)14-6-8-16(9-7-14)23-12-13-4-2-1-3-5-13/h1-10H,11-12,19H2,(H,20,21,22). The quantitative estimate of drug-likeness (QED) is 0.759. The molecule has 0 aliphatic heterocycles. The number of rotatable bonds is 5. The van der Waals surface area contributed by atoms with Crippen molar-refractivity contribution >= 4 is 0 Å². The molecule has 3 aromatic rings. The Kier molecular flexibility index (Phi) is 4.49. The van der Waals surface area contributed by atoms with Crippen LogP contribution < -0.4 is 16.0 Å². The Morgan fingerprint density at radius 3 is 2.48 bits per heavy atom. The van der Waals surface area contributed by atoms with E-state index in [-0.39, 0.29) is 12.1 Å². The fourth-order valence-corrected chi connectivity index (χ4v) is 2.20. The van der Waals surface area contributed by atoms with Crippen molar-refractivity contribution in [3.8, 4) is 17.1 Å². The molecule has 0 unspecified atom stereocenters. The van der Waals surface area contributed by atoms with Crippen LogP contribution in [0.2, 0.25) is 0 Å². The number of aromatic amines is 1. The maximum atomic E-state index is 11.6. The van der Waals surface area contributed by atoms with E-state index in [0.717, 1.165) is 16.9 Å². The van der Waals surface area contributed by atoms with Gasteiger partial charge < -0.3 is 15.5 Å². The van der Waals surface area contributed by atoms with Gasteiger partial charge in [0.2, 0.25) is 0 Å². The van der Waals surface area contributed by atoms with E-state index in [9.17, 15) is 4.79 Å². The first-order valence-corrected chi connectivity index (χ1v) is 7.32. The Morgan fingerprint density at radius 1 is 1.04 bits per heavy atom. The number of H-pyrrole nitrogens is 1. The third-order valence-electron chi connectivity index (χ3n) is 3.38. The molecule has 5 heteroatoms. The van der Waals surface area contributed by atoms with Gasteiger partial charge in [0.25, 0.3) is 5.56 Å². The van der Waals surface area contributed by atoms with Crippen LogP contribution in [0.25, 0.3) is 11.4 Å². The van der Waals surface area contributed by atoms with E-state index in [1.54, 1.807) is 0 Å². The molecule has 0 bridgehead atoms. The molecule has 2 aromatic carbocycles. The van der Waals surface area contributed by atoms with E-state index in [1.807, 2.05) is 54.6 Å². The lowest BCUT2D eigenvalue weighted by molar-refractivity contribution is 0.306. The molecule has 1 heterocycles. The third-order valence-corrected chi connectivity index (χ3v) is 3.38. The van der Waals surface area contributed by atoms with E-state index in [0.29, 0.717) is 18.1 Å². The molecular weight excluding hydrogens is 290 g/mol. The molecule has 5 nitrogen and oxygen atoms in total. The number of aromatic nitrogens is 2. The highest BCUT2D eigenvalue weighted by Crippen LogP contribution is 2.19. The minimum absolute atomic E-state index is 0.208. The van der Waals surface area contributed by atoms with Gasteiger partial charge in [0.1, 0.15) is 18.2 Å². The van der Waals surface area contributed by atoms with Crippen LogP contribution in [0.15, 0.2) is 65.5 Å². The van der Waals surface area contributed by atoms with Crippen molar-refractivity contribution < 1.29 is 4.74 Å². The molecule has 1 aromatic heterocycles. The number of nitrogens with two attached hydrogens (primary N) is 1. The summed E-state index contributed by atoms with van der Waals surface area (Å²) in [4.78, 5) is 18.6. The Morgan fingerprint density at radius 2 is 1.78 bits per heavy atom. The molecule has 0 saturated carbocycles. The first-order valence-electron chi connectivity index (χ1n) is 7.32. The summed E-state index contributed by atoms with van der Waals surface area (Å²) in [7, 11) is 0. The molecule has 0 aliphatic carbocycles. The van der Waals surface area contributed by atoms with Gasteiger partial charge in [0.05, 0.1) is 5.69 Å². The molecule has 116 valence electrons. The number of hydrogen-bond acceptors (Lipinski definition) is 4. The van der Waals surface area contributed by atoms with Gasteiger partial charge in [-0.1, -0.05) is 30.3 Å². The summed E-state index contributed by atoms with van der Waals surface area (Å²) in [6.45, 7) is 0.743. The van der Waals surface area contributed by atoms with Gasteiger partial charge in [-0.25, -0.2) is 4.98 Å². The van der Waals surface area contributed by atoms with Gasteiger partial charge >= 0.3 is 0 Å². The summed E-state index contributed by atoms with van der Waals surface area (Å²) in [6, 6.07) is 18.8. The Labute approximate surface area is 133 Å². The second kappa shape index (κ2) is 6.89. The van der Waals surface area contributed by atoms with Crippen LogP contribution in [0.1, 0.15) is 11.3 Å². The monoisotopic (exact) mass is 307 g/mol. The second-order valence-corrected chi connectivity index (χ2v) is 5.09. The zero-order valence-corrected chi connectivity index (χ0v) is 12.5. The van der Waals surface area contributed by atoms with Crippen LogP contribution in [0.4, 0.5) is 0 Å². The van der Waals surface area contributed by atoms with Gasteiger partial charge in [0.15, 0.2) is 0 Å². The Bertz CT molecular complexity index is 827. The van der Waals surface area contributed by atoms with Crippen LogP contribution in [-0.4, -0.2) is 9.97 Å². The molecular formula is C18H17N3O2. The van der Waals surface area contributed by atoms with Crippen LogP contribution >= 0.6 is 0 Å². The smallest absolute Gasteiger partial charge is 0.251 e. The minimum atomic E-state index is -0.208. The zero-order valence-electron chi connectivity index (χ0n) is 12.5. The van der Waals surface area contributed by atoms with Gasteiger partial charge in [-0.15, -0.1) is 0 Å². The summed E-state index contributed by atoms with van der Waals surface area (Å²) in [5.74, 6) is 1.27. The molecule has 3 rings (SSSR count). The summed E-state index contributed by atoms with van der Waals surface area (Å²) >= 11 is 0. The molecule has 0 saturated heterocycles. The topological polar surface area (TPSA) is 81.0 Å². The summed E-state index contributed by atoms with van der Waals surface area (Å²) in [5.41, 5.74) is 7.82. The van der Waals surface area contributed by atoms with Crippen molar-refractivity contribution in [2.75, 3.05) is 0 Å². The predicted molar refractivity (Wildman–Crippen MR) is 89.0 cm³/mol. The molecule has 0 atom stereocenters. The van der Waals surface area contributed by atoms with E-state index in [1.165, 1.54) is 6.07 Å². The van der Waals surface area contributed by atoms with Crippen LogP contribution in [0.5, 0.6) is 5.75 Å². The lowest BCUT2D eigenvalue weighted by atomic mass is 10.2. The van der Waals surface area contributed by atoms with Crippen molar-refractivity contribution in [2.24, 2.45) is 5.73 Å². The summed E-state index contributed by atoms with van der Waals surface area (Å²) in [5, 5.41) is 0. The number of hydrogen-bond donors (Lipinski definition) is 2. The Hall–Kier alpha value is -2.92. The number of ether oxygens (including phenoxy) is 1. The molecule has 0 aliphatic rings. The average molecular weight is 307 g/mol. The summed E-state index contributed by atoms with van der Waals surface area (Å²) in [6.07, 6.45) is 0. The molecule has 0 spiro atoms. The number of nitrogens with zero attached hydrogens (tertiary/aromatic N) is 1. The SMILES string of the molecule is NCc1cc(=O)[nH]c(-c2ccc(OCc3ccccc3)cc2)n1. The van der Waals surface area contributed by atoms with E-state index in [2.05, 4.69) is 9.97 Å².